The topological polar surface area (TPSA) is 32.6 Å². The fraction of sp³-hybridized carbons (Fsp3) is 0.417. The summed E-state index contributed by atoms with van der Waals surface area (Å²) in [5.74, 6) is 0.337. The minimum absolute atomic E-state index is 0.0393. The van der Waals surface area contributed by atoms with Gasteiger partial charge in [0.2, 0.25) is 0 Å². The van der Waals surface area contributed by atoms with Crippen molar-refractivity contribution in [2.75, 3.05) is 0 Å². The molecule has 14 heavy (non-hydrogen) atoms. The van der Waals surface area contributed by atoms with E-state index in [0.717, 1.165) is 24.1 Å². The Morgan fingerprint density at radius 2 is 2.00 bits per heavy atom. The second-order valence-corrected chi connectivity index (χ2v) is 4.39. The highest BCUT2D eigenvalue weighted by Crippen LogP contribution is 2.30. The first-order chi connectivity index (χ1) is 6.58. The van der Waals surface area contributed by atoms with Crippen LogP contribution in [0, 0.1) is 0 Å². The van der Waals surface area contributed by atoms with Crippen molar-refractivity contribution >= 4 is 5.71 Å². The number of hydrogen-bond donors (Lipinski definition) is 1. The first-order valence-electron chi connectivity index (χ1n) is 4.96. The molecule has 74 valence electrons. The molecule has 0 spiro atoms. The van der Waals surface area contributed by atoms with Gasteiger partial charge in [0.15, 0.2) is 0 Å². The quantitative estimate of drug-likeness (QED) is 0.723. The van der Waals surface area contributed by atoms with Crippen molar-refractivity contribution in [1.29, 1.82) is 0 Å². The number of benzene rings is 1. The van der Waals surface area contributed by atoms with Crippen molar-refractivity contribution in [1.82, 2.24) is 0 Å². The fourth-order valence-electron chi connectivity index (χ4n) is 1.81. The summed E-state index contributed by atoms with van der Waals surface area (Å²) in [6.45, 7) is 4.25. The van der Waals surface area contributed by atoms with Gasteiger partial charge in [-0.3, -0.25) is 4.99 Å². The Bertz CT molecular complexity index is 380. The molecule has 2 nitrogen and oxygen atoms in total. The van der Waals surface area contributed by atoms with Crippen LogP contribution in [0.5, 0.6) is 5.75 Å². The molecule has 0 fully saturated rings. The van der Waals surface area contributed by atoms with Crippen LogP contribution in [-0.4, -0.2) is 16.4 Å². The van der Waals surface area contributed by atoms with Crippen molar-refractivity contribution < 1.29 is 5.11 Å². The summed E-state index contributed by atoms with van der Waals surface area (Å²) in [5, 5.41) is 9.66. The van der Waals surface area contributed by atoms with Gasteiger partial charge in [0.25, 0.3) is 0 Å². The van der Waals surface area contributed by atoms with Crippen molar-refractivity contribution in [2.45, 2.75) is 32.2 Å². The molecule has 0 aromatic heterocycles. The van der Waals surface area contributed by atoms with E-state index in [1.54, 1.807) is 6.07 Å². The van der Waals surface area contributed by atoms with Crippen molar-refractivity contribution in [3.05, 3.63) is 29.8 Å². The highest BCUT2D eigenvalue weighted by molar-refractivity contribution is 6.04. The molecule has 1 N–H and O–H groups in total. The van der Waals surface area contributed by atoms with Gasteiger partial charge in [0.05, 0.1) is 5.54 Å². The second-order valence-electron chi connectivity index (χ2n) is 4.39. The van der Waals surface area contributed by atoms with Crippen molar-refractivity contribution in [3.8, 4) is 5.75 Å². The molecule has 0 radical (unpaired) electrons. The van der Waals surface area contributed by atoms with E-state index in [2.05, 4.69) is 18.8 Å². The zero-order valence-electron chi connectivity index (χ0n) is 8.62. The zero-order chi connectivity index (χ0) is 10.2. The summed E-state index contributed by atoms with van der Waals surface area (Å²) in [5.41, 5.74) is 1.96. The van der Waals surface area contributed by atoms with E-state index in [1.807, 2.05) is 18.2 Å². The van der Waals surface area contributed by atoms with E-state index in [1.165, 1.54) is 0 Å². The Hall–Kier alpha value is -1.31. The molecule has 0 saturated heterocycles. The maximum atomic E-state index is 9.66. The Balaban J connectivity index is 2.38. The molecule has 0 saturated carbocycles. The van der Waals surface area contributed by atoms with Gasteiger partial charge in [-0.15, -0.1) is 0 Å². The number of phenols is 1. The molecule has 0 atom stereocenters. The summed E-state index contributed by atoms with van der Waals surface area (Å²) in [6, 6.07) is 7.40. The SMILES string of the molecule is CC1(C)CCC(c2ccccc2O)=N1. The van der Waals surface area contributed by atoms with Gasteiger partial charge in [-0.25, -0.2) is 0 Å². The third-order valence-corrected chi connectivity index (χ3v) is 2.63. The Labute approximate surface area is 84.3 Å². The van der Waals surface area contributed by atoms with Crippen LogP contribution in [0.4, 0.5) is 0 Å². The third kappa shape index (κ3) is 1.65. The number of rotatable bonds is 1. The first-order valence-corrected chi connectivity index (χ1v) is 4.96. The lowest BCUT2D eigenvalue weighted by atomic mass is 10.0. The first kappa shape index (κ1) is 9.25. The van der Waals surface area contributed by atoms with Crippen LogP contribution in [0.25, 0.3) is 0 Å². The smallest absolute Gasteiger partial charge is 0.124 e. The van der Waals surface area contributed by atoms with E-state index in [9.17, 15) is 5.11 Å². The molecule has 1 aromatic rings. The summed E-state index contributed by atoms with van der Waals surface area (Å²) >= 11 is 0. The highest BCUT2D eigenvalue weighted by atomic mass is 16.3. The number of para-hydroxylation sites is 1. The summed E-state index contributed by atoms with van der Waals surface area (Å²) in [4.78, 5) is 4.61. The number of aliphatic imine (C=N–C) groups is 1. The van der Waals surface area contributed by atoms with E-state index in [4.69, 9.17) is 0 Å². The van der Waals surface area contributed by atoms with Gasteiger partial charge in [-0.2, -0.15) is 0 Å². The zero-order valence-corrected chi connectivity index (χ0v) is 8.62. The Morgan fingerprint density at radius 1 is 1.29 bits per heavy atom. The van der Waals surface area contributed by atoms with Gasteiger partial charge in [0.1, 0.15) is 5.75 Å². The minimum Gasteiger partial charge on any atom is -0.507 e. The van der Waals surface area contributed by atoms with Gasteiger partial charge >= 0.3 is 0 Å². The van der Waals surface area contributed by atoms with E-state index in [-0.39, 0.29) is 5.54 Å². The maximum Gasteiger partial charge on any atom is 0.124 e. The van der Waals surface area contributed by atoms with E-state index in [0.29, 0.717) is 5.75 Å². The van der Waals surface area contributed by atoms with Crippen LogP contribution in [-0.2, 0) is 0 Å². The molecule has 1 aromatic carbocycles. The lowest BCUT2D eigenvalue weighted by molar-refractivity contribution is 0.474. The Kier molecular flexibility index (Phi) is 2.06. The number of hydrogen-bond acceptors (Lipinski definition) is 2. The van der Waals surface area contributed by atoms with Gasteiger partial charge in [-0.05, 0) is 38.8 Å². The fourth-order valence-corrected chi connectivity index (χ4v) is 1.81. The average Bonchev–Trinajstić information content (AvgIpc) is 2.47. The van der Waals surface area contributed by atoms with Crippen LogP contribution in [0.3, 0.4) is 0 Å². The summed E-state index contributed by atoms with van der Waals surface area (Å²) in [6.07, 6.45) is 2.03. The molecular weight excluding hydrogens is 174 g/mol. The van der Waals surface area contributed by atoms with Gasteiger partial charge < -0.3 is 5.11 Å². The van der Waals surface area contributed by atoms with E-state index < -0.39 is 0 Å². The molecule has 0 unspecified atom stereocenters. The van der Waals surface area contributed by atoms with Crippen LogP contribution in [0.1, 0.15) is 32.3 Å². The molecule has 0 amide bonds. The molecule has 1 aliphatic rings. The van der Waals surface area contributed by atoms with Gasteiger partial charge in [0, 0.05) is 11.3 Å². The van der Waals surface area contributed by atoms with E-state index >= 15 is 0 Å². The average molecular weight is 189 g/mol. The molecule has 0 bridgehead atoms. The standard InChI is InChI=1S/C12H15NO/c1-12(2)8-7-10(13-12)9-5-3-4-6-11(9)14/h3-6,14H,7-8H2,1-2H3. The molecule has 1 heterocycles. The summed E-state index contributed by atoms with van der Waals surface area (Å²) in [7, 11) is 0. The molecule has 0 aliphatic carbocycles. The number of phenolic OH excluding ortho intramolecular Hbond substituents is 1. The van der Waals surface area contributed by atoms with Crippen molar-refractivity contribution in [3.63, 3.8) is 0 Å². The van der Waals surface area contributed by atoms with Crippen LogP contribution >= 0.6 is 0 Å². The van der Waals surface area contributed by atoms with Crippen LogP contribution < -0.4 is 0 Å². The van der Waals surface area contributed by atoms with Crippen molar-refractivity contribution in [2.24, 2.45) is 4.99 Å². The molecule has 2 heteroatoms. The number of nitrogens with zero attached hydrogens (tertiary/aromatic N) is 1. The normalized spacial score (nSPS) is 19.4. The third-order valence-electron chi connectivity index (χ3n) is 2.63. The van der Waals surface area contributed by atoms with Gasteiger partial charge in [-0.1, -0.05) is 12.1 Å². The largest absolute Gasteiger partial charge is 0.507 e. The lowest BCUT2D eigenvalue weighted by Gasteiger charge is -2.10. The predicted octanol–water partition coefficient (Wildman–Crippen LogP) is 2.75. The minimum atomic E-state index is 0.0393. The van der Waals surface area contributed by atoms with Crippen LogP contribution in [0.15, 0.2) is 29.3 Å². The predicted molar refractivity (Wildman–Crippen MR) is 58.0 cm³/mol. The summed E-state index contributed by atoms with van der Waals surface area (Å²) < 4.78 is 0. The highest BCUT2D eigenvalue weighted by Gasteiger charge is 2.25. The second kappa shape index (κ2) is 3.12. The Morgan fingerprint density at radius 3 is 2.57 bits per heavy atom. The molecule has 2 rings (SSSR count). The molecular formula is C12H15NO. The lowest BCUT2D eigenvalue weighted by Crippen LogP contribution is -2.10. The maximum absolute atomic E-state index is 9.66. The number of aromatic hydroxyl groups is 1. The monoisotopic (exact) mass is 189 g/mol. The molecule has 1 aliphatic heterocycles. The van der Waals surface area contributed by atoms with Crippen LogP contribution in [0.2, 0.25) is 0 Å².